The third-order valence-corrected chi connectivity index (χ3v) is 5.78. The van der Waals surface area contributed by atoms with Crippen LogP contribution in [0.2, 0.25) is 0 Å². The van der Waals surface area contributed by atoms with Crippen molar-refractivity contribution in [2.24, 2.45) is 11.8 Å². The van der Waals surface area contributed by atoms with Crippen molar-refractivity contribution in [1.29, 1.82) is 0 Å². The lowest BCUT2D eigenvalue weighted by Crippen LogP contribution is -2.45. The molecule has 1 aromatic heterocycles. The average Bonchev–Trinajstić information content (AvgIpc) is 3.33. The van der Waals surface area contributed by atoms with Gasteiger partial charge in [-0.15, -0.1) is 0 Å². The molecule has 1 spiro atoms. The average molecular weight is 337 g/mol. The summed E-state index contributed by atoms with van der Waals surface area (Å²) in [5.74, 6) is -2.87. The highest BCUT2D eigenvalue weighted by molar-refractivity contribution is 5.90. The second-order valence-corrected chi connectivity index (χ2v) is 7.09. The van der Waals surface area contributed by atoms with Crippen LogP contribution < -0.4 is 5.11 Å². The van der Waals surface area contributed by atoms with E-state index in [0.717, 1.165) is 16.5 Å². The van der Waals surface area contributed by atoms with Crippen LogP contribution in [-0.4, -0.2) is 46.6 Å². The van der Waals surface area contributed by atoms with Crippen LogP contribution in [0.3, 0.4) is 0 Å². The number of carbonyl (C=O) groups excluding carboxylic acids is 2. The number of carboxylic acids is 1. The van der Waals surface area contributed by atoms with Crippen molar-refractivity contribution in [1.82, 2.24) is 9.88 Å². The molecule has 0 aliphatic carbocycles. The smallest absolute Gasteiger partial charge is 0.229 e. The quantitative estimate of drug-likeness (QED) is 0.810. The molecule has 2 saturated heterocycles. The lowest BCUT2D eigenvalue weighted by molar-refractivity contribution is -0.313. The molecule has 0 radical (unpaired) electrons. The molecule has 4 atom stereocenters. The van der Waals surface area contributed by atoms with Crippen LogP contribution in [-0.2, 0) is 20.7 Å². The molecule has 1 aromatic carbocycles. The number of fused-ring (bicyclic) bond motifs is 2. The fraction of sp³-hybridized carbons (Fsp3) is 0.368. The first-order chi connectivity index (χ1) is 12.1. The van der Waals surface area contributed by atoms with Gasteiger partial charge in [0.15, 0.2) is 0 Å². The molecule has 2 fully saturated rings. The predicted octanol–water partition coefficient (Wildman–Crippen LogP) is 0.242. The number of rotatable bonds is 4. The molecule has 3 aliphatic heterocycles. The van der Waals surface area contributed by atoms with Crippen molar-refractivity contribution in [3.05, 3.63) is 48.2 Å². The molecule has 2 bridgehead atoms. The number of aliphatic carboxylic acids is 1. The van der Waals surface area contributed by atoms with E-state index in [2.05, 4.69) is 11.1 Å². The number of nitrogens with one attached hydrogen (secondary N) is 1. The van der Waals surface area contributed by atoms with Gasteiger partial charge in [-0.1, -0.05) is 30.4 Å². The Morgan fingerprint density at radius 3 is 3.08 bits per heavy atom. The Morgan fingerprint density at radius 2 is 2.24 bits per heavy atom. The summed E-state index contributed by atoms with van der Waals surface area (Å²) in [7, 11) is 0. The number of carbonyl (C=O) groups is 2. The van der Waals surface area contributed by atoms with E-state index >= 15 is 0 Å². The zero-order valence-corrected chi connectivity index (χ0v) is 13.5. The molecule has 3 aliphatic rings. The Labute approximate surface area is 144 Å². The summed E-state index contributed by atoms with van der Waals surface area (Å²) in [4.78, 5) is 29.3. The molecular weight excluding hydrogens is 320 g/mol. The normalized spacial score (nSPS) is 32.7. The van der Waals surface area contributed by atoms with Crippen molar-refractivity contribution in [3.8, 4) is 0 Å². The van der Waals surface area contributed by atoms with Crippen LogP contribution >= 0.6 is 0 Å². The van der Waals surface area contributed by atoms with Crippen LogP contribution in [0.5, 0.6) is 0 Å². The summed E-state index contributed by atoms with van der Waals surface area (Å²) in [6, 6.07) is 8.05. The number of para-hydroxylation sites is 1. The van der Waals surface area contributed by atoms with E-state index in [4.69, 9.17) is 4.74 Å². The monoisotopic (exact) mass is 337 g/mol. The second-order valence-electron chi connectivity index (χ2n) is 7.09. The number of nitrogens with zero attached hydrogens (tertiary/aromatic N) is 1. The summed E-state index contributed by atoms with van der Waals surface area (Å²) in [5, 5.41) is 12.6. The largest absolute Gasteiger partial charge is 0.550 e. The number of H-pyrrole nitrogens is 1. The molecule has 0 saturated carbocycles. The van der Waals surface area contributed by atoms with E-state index in [9.17, 15) is 14.7 Å². The predicted molar refractivity (Wildman–Crippen MR) is 87.3 cm³/mol. The molecule has 6 nitrogen and oxygen atoms in total. The molecule has 4 heterocycles. The number of hydrogen-bond acceptors (Lipinski definition) is 4. The number of likely N-dealkylation sites (tertiary alicyclic amines) is 1. The fourth-order valence-electron chi connectivity index (χ4n) is 4.63. The Bertz CT molecular complexity index is 917. The molecule has 0 unspecified atom stereocenters. The number of benzene rings is 1. The van der Waals surface area contributed by atoms with Gasteiger partial charge in [0.25, 0.3) is 0 Å². The number of amides is 1. The highest BCUT2D eigenvalue weighted by Crippen LogP contribution is 2.51. The minimum Gasteiger partial charge on any atom is -0.550 e. The molecule has 2 aromatic rings. The first-order valence-corrected chi connectivity index (χ1v) is 8.51. The third kappa shape index (κ3) is 1.94. The van der Waals surface area contributed by atoms with Crippen LogP contribution in [0.4, 0.5) is 0 Å². The Kier molecular flexibility index (Phi) is 2.92. The van der Waals surface area contributed by atoms with E-state index in [1.54, 1.807) is 11.0 Å². The topological polar surface area (TPSA) is 85.5 Å². The van der Waals surface area contributed by atoms with Gasteiger partial charge in [-0.25, -0.2) is 0 Å². The van der Waals surface area contributed by atoms with E-state index in [1.165, 1.54) is 0 Å². The third-order valence-electron chi connectivity index (χ3n) is 5.78. The van der Waals surface area contributed by atoms with Crippen LogP contribution in [0.25, 0.3) is 10.9 Å². The minimum atomic E-state index is -1.20. The van der Waals surface area contributed by atoms with Crippen LogP contribution in [0, 0.1) is 11.8 Å². The van der Waals surface area contributed by atoms with Gasteiger partial charge < -0.3 is 24.5 Å². The van der Waals surface area contributed by atoms with Crippen LogP contribution in [0.1, 0.15) is 5.56 Å². The Morgan fingerprint density at radius 1 is 1.40 bits per heavy atom. The molecule has 25 heavy (non-hydrogen) atoms. The molecule has 1 N–H and O–H groups in total. The fourth-order valence-corrected chi connectivity index (χ4v) is 4.63. The maximum absolute atomic E-state index is 12.8. The number of hydrogen-bond donors (Lipinski definition) is 1. The SMILES string of the molecule is O=C([O-])[C@H]1[C@@H]2C=C[C@@]3(CN(CCc4c[nH]c5ccccc45)C(=O)[C@@H]13)O2. The summed E-state index contributed by atoms with van der Waals surface area (Å²) in [5.41, 5.74) is 1.44. The first kappa shape index (κ1) is 14.7. The summed E-state index contributed by atoms with van der Waals surface area (Å²) >= 11 is 0. The number of carboxylic acid groups (broad SMARTS) is 1. The second kappa shape index (κ2) is 4.95. The van der Waals surface area contributed by atoms with Crippen molar-refractivity contribution in [2.45, 2.75) is 18.1 Å². The summed E-state index contributed by atoms with van der Waals surface area (Å²) < 4.78 is 5.87. The van der Waals surface area contributed by atoms with E-state index < -0.39 is 29.5 Å². The van der Waals surface area contributed by atoms with Gasteiger partial charge in [-0.2, -0.15) is 0 Å². The summed E-state index contributed by atoms with van der Waals surface area (Å²) in [6.45, 7) is 0.955. The van der Waals surface area contributed by atoms with Crippen LogP contribution in [0.15, 0.2) is 42.6 Å². The van der Waals surface area contributed by atoms with Crippen molar-refractivity contribution < 1.29 is 19.4 Å². The lowest BCUT2D eigenvalue weighted by atomic mass is 9.77. The van der Waals surface area contributed by atoms with Gasteiger partial charge in [0.05, 0.1) is 18.6 Å². The van der Waals surface area contributed by atoms with Gasteiger partial charge >= 0.3 is 0 Å². The zero-order chi connectivity index (χ0) is 17.2. The lowest BCUT2D eigenvalue weighted by Gasteiger charge is -2.24. The standard InChI is InChI=1S/C19H18N2O4/c22-17-16-15(18(23)24)14-5-7-19(16,25-14)10-21(17)8-6-11-9-20-13-4-2-1-3-12(11)13/h1-5,7,9,14-16,20H,6,8,10H2,(H,23,24)/p-1/t14-,15-,16+,19-/m0/s1. The number of aromatic nitrogens is 1. The van der Waals surface area contributed by atoms with Crippen molar-refractivity contribution >= 4 is 22.8 Å². The maximum atomic E-state index is 12.8. The highest BCUT2D eigenvalue weighted by atomic mass is 16.5. The van der Waals surface area contributed by atoms with Gasteiger partial charge in [-0.05, 0) is 18.1 Å². The first-order valence-electron chi connectivity index (χ1n) is 8.51. The minimum absolute atomic E-state index is 0.138. The maximum Gasteiger partial charge on any atom is 0.229 e. The highest BCUT2D eigenvalue weighted by Gasteiger charge is 2.65. The zero-order valence-electron chi connectivity index (χ0n) is 13.5. The van der Waals surface area contributed by atoms with E-state index in [0.29, 0.717) is 19.5 Å². The van der Waals surface area contributed by atoms with Gasteiger partial charge in [-0.3, -0.25) is 4.79 Å². The molecule has 128 valence electrons. The Balaban J connectivity index is 1.37. The molecule has 5 rings (SSSR count). The van der Waals surface area contributed by atoms with Gasteiger partial charge in [0.2, 0.25) is 5.91 Å². The molecular formula is C19H17N2O4-. The molecule has 1 amide bonds. The van der Waals surface area contributed by atoms with E-state index in [-0.39, 0.29) is 5.91 Å². The van der Waals surface area contributed by atoms with E-state index in [1.807, 2.05) is 30.5 Å². The van der Waals surface area contributed by atoms with Crippen molar-refractivity contribution in [2.75, 3.05) is 13.1 Å². The van der Waals surface area contributed by atoms with Gasteiger partial charge in [0, 0.05) is 35.5 Å². The molecule has 6 heteroatoms. The summed E-state index contributed by atoms with van der Waals surface area (Å²) in [6.07, 6.45) is 5.77. The number of aromatic amines is 1. The number of ether oxygens (including phenoxy) is 1. The Hall–Kier alpha value is -2.60. The van der Waals surface area contributed by atoms with Gasteiger partial charge in [0.1, 0.15) is 5.60 Å². The van der Waals surface area contributed by atoms with Crippen molar-refractivity contribution in [3.63, 3.8) is 0 Å².